The van der Waals surface area contributed by atoms with Crippen molar-refractivity contribution in [3.63, 3.8) is 0 Å². The first-order chi connectivity index (χ1) is 16.3. The molecule has 4 rings (SSSR count). The van der Waals surface area contributed by atoms with Gasteiger partial charge in [-0.1, -0.05) is 17.7 Å². The number of benzene rings is 2. The molecule has 0 fully saturated rings. The number of aromatic nitrogens is 2. The third-order valence-corrected chi connectivity index (χ3v) is 6.39. The van der Waals surface area contributed by atoms with Crippen LogP contribution >= 0.6 is 0 Å². The van der Waals surface area contributed by atoms with Crippen LogP contribution in [0.5, 0.6) is 5.75 Å². The van der Waals surface area contributed by atoms with Crippen molar-refractivity contribution in [3.8, 4) is 17.0 Å². The van der Waals surface area contributed by atoms with Crippen molar-refractivity contribution < 1.29 is 22.1 Å². The number of hydrogen-bond acceptors (Lipinski definition) is 7. The molecule has 2 aromatic heterocycles. The van der Waals surface area contributed by atoms with Gasteiger partial charge in [0.05, 0.1) is 6.61 Å². The van der Waals surface area contributed by atoms with Gasteiger partial charge in [0.25, 0.3) is 0 Å². The van der Waals surface area contributed by atoms with E-state index in [9.17, 15) is 13.2 Å². The van der Waals surface area contributed by atoms with Crippen molar-refractivity contribution in [2.75, 3.05) is 18.5 Å². The van der Waals surface area contributed by atoms with Gasteiger partial charge in [-0.15, -0.1) is 0 Å². The highest BCUT2D eigenvalue weighted by molar-refractivity contribution is 7.87. The van der Waals surface area contributed by atoms with Gasteiger partial charge in [-0.25, -0.2) is 4.98 Å². The maximum atomic E-state index is 12.6. The van der Waals surface area contributed by atoms with E-state index in [1.807, 2.05) is 36.6 Å². The Morgan fingerprint density at radius 1 is 1.00 bits per heavy atom. The average Bonchev–Trinajstić information content (AvgIpc) is 3.16. The molecular weight excluding hydrogens is 454 g/mol. The number of nitrogens with zero attached hydrogens (tertiary/aromatic N) is 2. The quantitative estimate of drug-likeness (QED) is 0.296. The molecule has 0 saturated carbocycles. The van der Waals surface area contributed by atoms with Crippen LogP contribution in [0.4, 0.5) is 5.82 Å². The van der Waals surface area contributed by atoms with E-state index in [1.165, 1.54) is 12.1 Å². The fourth-order valence-electron chi connectivity index (χ4n) is 3.43. The number of carbonyl (C=O) groups excluding carboxylic acids is 1. The predicted octanol–water partition coefficient (Wildman–Crippen LogP) is 4.36. The Kier molecular flexibility index (Phi) is 6.56. The zero-order valence-corrected chi connectivity index (χ0v) is 19.9. The molecular formula is C25H25N3O5S. The zero-order chi connectivity index (χ0) is 24.3. The highest BCUT2D eigenvalue weighted by Crippen LogP contribution is 2.31. The number of imidazole rings is 1. The first-order valence-electron chi connectivity index (χ1n) is 10.8. The number of nitrogens with one attached hydrogen (secondary N) is 1. The third-order valence-electron chi connectivity index (χ3n) is 5.13. The molecule has 0 bridgehead atoms. The van der Waals surface area contributed by atoms with E-state index in [-0.39, 0.29) is 23.2 Å². The molecule has 0 aliphatic heterocycles. The number of carbonyl (C=O) groups is 1. The van der Waals surface area contributed by atoms with Crippen LogP contribution in [0.25, 0.3) is 16.9 Å². The van der Waals surface area contributed by atoms with Gasteiger partial charge >= 0.3 is 16.1 Å². The lowest BCUT2D eigenvalue weighted by molar-refractivity contribution is -0.140. The van der Waals surface area contributed by atoms with Gasteiger partial charge < -0.3 is 14.2 Å². The molecule has 2 aromatic carbocycles. The Morgan fingerprint density at radius 2 is 1.71 bits per heavy atom. The predicted molar refractivity (Wildman–Crippen MR) is 129 cm³/mol. The number of esters is 1. The summed E-state index contributed by atoms with van der Waals surface area (Å²) in [5, 5.41) is 3.12. The number of anilines is 1. The van der Waals surface area contributed by atoms with Crippen LogP contribution in [0.1, 0.15) is 18.1 Å². The summed E-state index contributed by atoms with van der Waals surface area (Å²) in [6.07, 6.45) is 1.88. The van der Waals surface area contributed by atoms with Crippen molar-refractivity contribution in [3.05, 3.63) is 78.0 Å². The fourth-order valence-corrected chi connectivity index (χ4v) is 4.36. The fraction of sp³-hybridized carbons (Fsp3) is 0.200. The largest absolute Gasteiger partial charge is 0.465 e. The zero-order valence-electron chi connectivity index (χ0n) is 19.1. The maximum Gasteiger partial charge on any atom is 0.339 e. The number of hydrogen-bond donors (Lipinski definition) is 1. The molecule has 4 aromatic rings. The van der Waals surface area contributed by atoms with E-state index in [0.29, 0.717) is 23.8 Å². The Bertz CT molecular complexity index is 1430. The Morgan fingerprint density at radius 3 is 2.38 bits per heavy atom. The minimum atomic E-state index is -3.95. The van der Waals surface area contributed by atoms with E-state index in [2.05, 4.69) is 5.32 Å². The molecule has 0 atom stereocenters. The molecule has 0 aliphatic rings. The van der Waals surface area contributed by atoms with Crippen molar-refractivity contribution >= 4 is 27.6 Å². The van der Waals surface area contributed by atoms with Crippen molar-refractivity contribution in [2.24, 2.45) is 0 Å². The SMILES string of the molecule is CCOC(=O)CNc1c(-c2ccc(OS(=O)(=O)c3ccc(C)cc3)cc2)nc2cc(C)ccn12. The summed E-state index contributed by atoms with van der Waals surface area (Å²) < 4.78 is 37.3. The average molecular weight is 480 g/mol. The van der Waals surface area contributed by atoms with Gasteiger partial charge in [-0.3, -0.25) is 9.20 Å². The van der Waals surface area contributed by atoms with Crippen LogP contribution in [0.2, 0.25) is 0 Å². The third kappa shape index (κ3) is 5.04. The smallest absolute Gasteiger partial charge is 0.339 e. The number of pyridine rings is 1. The first-order valence-corrected chi connectivity index (χ1v) is 12.2. The molecule has 1 N–H and O–H groups in total. The summed E-state index contributed by atoms with van der Waals surface area (Å²) in [6, 6.07) is 16.9. The van der Waals surface area contributed by atoms with Crippen molar-refractivity contribution in [2.45, 2.75) is 25.7 Å². The molecule has 0 amide bonds. The van der Waals surface area contributed by atoms with E-state index in [0.717, 1.165) is 16.7 Å². The van der Waals surface area contributed by atoms with Gasteiger partial charge in [0, 0.05) is 11.8 Å². The summed E-state index contributed by atoms with van der Waals surface area (Å²) in [6.45, 7) is 5.89. The number of aryl methyl sites for hydroxylation is 2. The maximum absolute atomic E-state index is 12.6. The lowest BCUT2D eigenvalue weighted by Gasteiger charge is -2.10. The van der Waals surface area contributed by atoms with Crippen LogP contribution in [0.3, 0.4) is 0 Å². The molecule has 34 heavy (non-hydrogen) atoms. The number of rotatable bonds is 8. The first kappa shape index (κ1) is 23.3. The minimum absolute atomic E-state index is 0.0154. The second-order valence-electron chi connectivity index (χ2n) is 7.77. The van der Waals surface area contributed by atoms with E-state index >= 15 is 0 Å². The molecule has 8 nitrogen and oxygen atoms in total. The van der Waals surface area contributed by atoms with E-state index < -0.39 is 10.1 Å². The summed E-state index contributed by atoms with van der Waals surface area (Å²) in [5.41, 5.74) is 4.06. The molecule has 0 aliphatic carbocycles. The van der Waals surface area contributed by atoms with Gasteiger partial charge in [-0.2, -0.15) is 8.42 Å². The second kappa shape index (κ2) is 9.56. The highest BCUT2D eigenvalue weighted by Gasteiger charge is 2.18. The van der Waals surface area contributed by atoms with E-state index in [4.69, 9.17) is 13.9 Å². The molecule has 0 unspecified atom stereocenters. The molecule has 9 heteroatoms. The van der Waals surface area contributed by atoms with Crippen molar-refractivity contribution in [1.82, 2.24) is 9.38 Å². The standard InChI is InChI=1S/C25H25N3O5S/c1-4-32-23(29)16-26-25-24(27-22-15-18(3)13-14-28(22)25)19-7-9-20(10-8-19)33-34(30,31)21-11-5-17(2)6-12-21/h5-15,26H,4,16H2,1-3H3. The second-order valence-corrected chi connectivity index (χ2v) is 9.32. The van der Waals surface area contributed by atoms with Gasteiger partial charge in [0.15, 0.2) is 0 Å². The topological polar surface area (TPSA) is 99.0 Å². The number of ether oxygens (including phenoxy) is 1. The van der Waals surface area contributed by atoms with Crippen LogP contribution in [0, 0.1) is 13.8 Å². The Labute approximate surface area is 198 Å². The van der Waals surface area contributed by atoms with Crippen LogP contribution < -0.4 is 9.50 Å². The highest BCUT2D eigenvalue weighted by atomic mass is 32.2. The summed E-state index contributed by atoms with van der Waals surface area (Å²) >= 11 is 0. The Hall–Kier alpha value is -3.85. The van der Waals surface area contributed by atoms with Crippen LogP contribution in [-0.4, -0.2) is 36.9 Å². The molecule has 0 radical (unpaired) electrons. The molecule has 0 spiro atoms. The van der Waals surface area contributed by atoms with Crippen LogP contribution in [-0.2, 0) is 19.6 Å². The van der Waals surface area contributed by atoms with Crippen LogP contribution in [0.15, 0.2) is 71.8 Å². The summed E-state index contributed by atoms with van der Waals surface area (Å²) in [7, 11) is -3.95. The number of fused-ring (bicyclic) bond motifs is 1. The lowest BCUT2D eigenvalue weighted by Crippen LogP contribution is -2.17. The van der Waals surface area contributed by atoms with Gasteiger partial charge in [-0.05, 0) is 74.9 Å². The molecule has 176 valence electrons. The van der Waals surface area contributed by atoms with E-state index in [1.54, 1.807) is 43.3 Å². The normalized spacial score (nSPS) is 11.4. The Balaban J connectivity index is 1.63. The van der Waals surface area contributed by atoms with Crippen molar-refractivity contribution in [1.29, 1.82) is 0 Å². The molecule has 0 saturated heterocycles. The monoisotopic (exact) mass is 479 g/mol. The van der Waals surface area contributed by atoms with Gasteiger partial charge in [0.2, 0.25) is 0 Å². The minimum Gasteiger partial charge on any atom is -0.465 e. The summed E-state index contributed by atoms with van der Waals surface area (Å²) in [4.78, 5) is 16.7. The lowest BCUT2D eigenvalue weighted by atomic mass is 10.1. The molecule has 2 heterocycles. The van der Waals surface area contributed by atoms with Gasteiger partial charge in [0.1, 0.15) is 34.3 Å². The summed E-state index contributed by atoms with van der Waals surface area (Å²) in [5.74, 6) is 0.439.